The predicted molar refractivity (Wildman–Crippen MR) is 87.5 cm³/mol. The predicted octanol–water partition coefficient (Wildman–Crippen LogP) is 2.44. The van der Waals surface area contributed by atoms with Crippen LogP contribution in [0.3, 0.4) is 0 Å². The van der Waals surface area contributed by atoms with Crippen LogP contribution < -0.4 is 5.32 Å². The number of piperidine rings is 2. The smallest absolute Gasteiger partial charge is 0.164 e. The topological polar surface area (TPSA) is 31.4 Å². The highest BCUT2D eigenvalue weighted by molar-refractivity contribution is 5.42. The molecule has 4 nitrogen and oxygen atoms in total. The summed E-state index contributed by atoms with van der Waals surface area (Å²) in [6.45, 7) is 5.71. The molecule has 2 aliphatic rings. The summed E-state index contributed by atoms with van der Waals surface area (Å²) in [5.74, 6) is 0.390. The Morgan fingerprint density at radius 1 is 1.18 bits per heavy atom. The zero-order valence-corrected chi connectivity index (χ0v) is 13.5. The van der Waals surface area contributed by atoms with Crippen LogP contribution in [0, 0.1) is 11.7 Å². The Labute approximate surface area is 132 Å². The van der Waals surface area contributed by atoms with Gasteiger partial charge in [-0.25, -0.2) is 4.39 Å². The van der Waals surface area contributed by atoms with E-state index < -0.39 is 0 Å². The van der Waals surface area contributed by atoms with Crippen LogP contribution >= 0.6 is 0 Å². The van der Waals surface area contributed by atoms with Gasteiger partial charge in [-0.3, -0.25) is 4.98 Å². The highest BCUT2D eigenvalue weighted by atomic mass is 19.1. The molecular weight excluding hydrogens is 279 g/mol. The molecule has 0 aromatic carbocycles. The van der Waals surface area contributed by atoms with E-state index in [1.807, 2.05) is 0 Å². The number of likely N-dealkylation sites (tertiary alicyclic amines) is 2. The van der Waals surface area contributed by atoms with Gasteiger partial charge in [0.05, 0.1) is 11.9 Å². The number of halogens is 1. The van der Waals surface area contributed by atoms with E-state index in [0.29, 0.717) is 11.6 Å². The van der Waals surface area contributed by atoms with Crippen LogP contribution in [0.15, 0.2) is 18.5 Å². The van der Waals surface area contributed by atoms with E-state index in [1.54, 1.807) is 12.3 Å². The minimum Gasteiger partial charge on any atom is -0.382 e. The number of anilines is 1. The van der Waals surface area contributed by atoms with Gasteiger partial charge in [0.25, 0.3) is 0 Å². The molecule has 0 spiro atoms. The summed E-state index contributed by atoms with van der Waals surface area (Å²) >= 11 is 0. The van der Waals surface area contributed by atoms with E-state index in [2.05, 4.69) is 27.1 Å². The standard InChI is InChI=1S/C17H27FN4/c1-21-8-5-15(6-9-21)22-10-3-14(4-11-22)12-20-17-2-7-19-13-16(17)18/h2,7,13-15H,3-6,8-12H2,1H3,(H,19,20). The molecule has 3 heterocycles. The van der Waals surface area contributed by atoms with Gasteiger partial charge >= 0.3 is 0 Å². The first-order valence-corrected chi connectivity index (χ1v) is 8.48. The summed E-state index contributed by atoms with van der Waals surface area (Å²) in [5, 5.41) is 3.24. The molecule has 0 atom stereocenters. The minimum absolute atomic E-state index is 0.258. The monoisotopic (exact) mass is 306 g/mol. The molecule has 22 heavy (non-hydrogen) atoms. The highest BCUT2D eigenvalue weighted by Crippen LogP contribution is 2.24. The van der Waals surface area contributed by atoms with Crippen LogP contribution in [-0.4, -0.2) is 60.6 Å². The van der Waals surface area contributed by atoms with Crippen molar-refractivity contribution in [3.8, 4) is 0 Å². The van der Waals surface area contributed by atoms with Crippen LogP contribution in [0.5, 0.6) is 0 Å². The van der Waals surface area contributed by atoms with Crippen molar-refractivity contribution in [1.82, 2.24) is 14.8 Å². The van der Waals surface area contributed by atoms with Crippen LogP contribution in [-0.2, 0) is 0 Å². The number of nitrogens with zero attached hydrogens (tertiary/aromatic N) is 3. The lowest BCUT2D eigenvalue weighted by atomic mass is 9.93. The maximum absolute atomic E-state index is 13.5. The quantitative estimate of drug-likeness (QED) is 0.926. The van der Waals surface area contributed by atoms with Gasteiger partial charge in [0.1, 0.15) is 0 Å². The Balaban J connectivity index is 1.41. The Morgan fingerprint density at radius 2 is 1.91 bits per heavy atom. The summed E-state index contributed by atoms with van der Waals surface area (Å²) in [4.78, 5) is 8.89. The largest absolute Gasteiger partial charge is 0.382 e. The van der Waals surface area contributed by atoms with E-state index in [0.717, 1.165) is 12.6 Å². The number of aromatic nitrogens is 1. The van der Waals surface area contributed by atoms with Gasteiger partial charge in [0.2, 0.25) is 0 Å². The van der Waals surface area contributed by atoms with E-state index in [9.17, 15) is 4.39 Å². The van der Waals surface area contributed by atoms with Crippen molar-refractivity contribution in [2.75, 3.05) is 45.1 Å². The number of rotatable bonds is 4. The SMILES string of the molecule is CN1CCC(N2CCC(CNc3ccncc3F)CC2)CC1. The molecule has 1 N–H and O–H groups in total. The van der Waals surface area contributed by atoms with Crippen molar-refractivity contribution >= 4 is 5.69 Å². The minimum atomic E-state index is -0.258. The first-order valence-electron chi connectivity index (χ1n) is 8.48. The van der Waals surface area contributed by atoms with Crippen LogP contribution in [0.4, 0.5) is 10.1 Å². The summed E-state index contributed by atoms with van der Waals surface area (Å²) in [6, 6.07) is 2.49. The van der Waals surface area contributed by atoms with Crippen LogP contribution in [0.25, 0.3) is 0 Å². The molecule has 1 aromatic heterocycles. The van der Waals surface area contributed by atoms with E-state index in [-0.39, 0.29) is 5.82 Å². The van der Waals surface area contributed by atoms with Crippen molar-refractivity contribution in [3.63, 3.8) is 0 Å². The van der Waals surface area contributed by atoms with Gasteiger partial charge in [-0.1, -0.05) is 0 Å². The number of nitrogens with one attached hydrogen (secondary N) is 1. The first kappa shape index (κ1) is 15.7. The fraction of sp³-hybridized carbons (Fsp3) is 0.706. The zero-order chi connectivity index (χ0) is 15.4. The first-order chi connectivity index (χ1) is 10.7. The van der Waals surface area contributed by atoms with Gasteiger partial charge in [-0.05, 0) is 70.9 Å². The summed E-state index contributed by atoms with van der Waals surface area (Å²) < 4.78 is 13.5. The number of pyridine rings is 1. The molecule has 122 valence electrons. The van der Waals surface area contributed by atoms with E-state index in [1.165, 1.54) is 58.1 Å². The lowest BCUT2D eigenvalue weighted by molar-refractivity contribution is 0.0876. The van der Waals surface area contributed by atoms with Gasteiger partial charge in [-0.2, -0.15) is 0 Å². The normalized spacial score (nSPS) is 22.8. The van der Waals surface area contributed by atoms with Crippen molar-refractivity contribution in [1.29, 1.82) is 0 Å². The molecule has 2 aliphatic heterocycles. The Morgan fingerprint density at radius 3 is 2.59 bits per heavy atom. The molecule has 2 fully saturated rings. The second-order valence-corrected chi connectivity index (χ2v) is 6.75. The van der Waals surface area contributed by atoms with Gasteiger partial charge in [0, 0.05) is 18.8 Å². The molecule has 3 rings (SSSR count). The zero-order valence-electron chi connectivity index (χ0n) is 13.5. The summed E-state index contributed by atoms with van der Waals surface area (Å²) in [5.41, 5.74) is 0.577. The van der Waals surface area contributed by atoms with E-state index in [4.69, 9.17) is 0 Å². The lowest BCUT2D eigenvalue weighted by Crippen LogP contribution is -2.47. The Hall–Kier alpha value is -1.20. The molecule has 0 amide bonds. The molecule has 0 bridgehead atoms. The van der Waals surface area contributed by atoms with Crippen LogP contribution in [0.2, 0.25) is 0 Å². The molecule has 0 unspecified atom stereocenters. The van der Waals surface area contributed by atoms with Crippen molar-refractivity contribution in [2.24, 2.45) is 5.92 Å². The van der Waals surface area contributed by atoms with Gasteiger partial charge < -0.3 is 15.1 Å². The van der Waals surface area contributed by atoms with Gasteiger partial charge in [-0.15, -0.1) is 0 Å². The second kappa shape index (κ2) is 7.38. The summed E-state index contributed by atoms with van der Waals surface area (Å²) in [7, 11) is 2.21. The van der Waals surface area contributed by atoms with Crippen molar-refractivity contribution < 1.29 is 4.39 Å². The number of hydrogen-bond donors (Lipinski definition) is 1. The van der Waals surface area contributed by atoms with Crippen LogP contribution in [0.1, 0.15) is 25.7 Å². The Kier molecular flexibility index (Phi) is 5.26. The average Bonchev–Trinajstić information content (AvgIpc) is 2.55. The van der Waals surface area contributed by atoms with Crippen molar-refractivity contribution in [2.45, 2.75) is 31.7 Å². The van der Waals surface area contributed by atoms with E-state index >= 15 is 0 Å². The maximum Gasteiger partial charge on any atom is 0.164 e. The molecule has 0 radical (unpaired) electrons. The third kappa shape index (κ3) is 3.96. The highest BCUT2D eigenvalue weighted by Gasteiger charge is 2.27. The fourth-order valence-electron chi connectivity index (χ4n) is 3.66. The summed E-state index contributed by atoms with van der Waals surface area (Å²) in [6.07, 6.45) is 7.94. The van der Waals surface area contributed by atoms with Gasteiger partial charge in [0.15, 0.2) is 5.82 Å². The number of hydrogen-bond acceptors (Lipinski definition) is 4. The molecule has 1 aromatic rings. The Bertz CT molecular complexity index is 465. The third-order valence-electron chi connectivity index (χ3n) is 5.21. The lowest BCUT2D eigenvalue weighted by Gasteiger charge is -2.41. The average molecular weight is 306 g/mol. The molecule has 0 saturated carbocycles. The molecular formula is C17H27FN4. The molecule has 5 heteroatoms. The molecule has 2 saturated heterocycles. The maximum atomic E-state index is 13.5. The van der Waals surface area contributed by atoms with Crippen molar-refractivity contribution in [3.05, 3.63) is 24.3 Å². The fourth-order valence-corrected chi connectivity index (χ4v) is 3.66. The molecule has 0 aliphatic carbocycles. The third-order valence-corrected chi connectivity index (χ3v) is 5.21. The second-order valence-electron chi connectivity index (χ2n) is 6.75.